The number of phenols is 1. The second kappa shape index (κ2) is 11.9. The highest BCUT2D eigenvalue weighted by Crippen LogP contribution is 2.23. The molecule has 0 aliphatic carbocycles. The predicted octanol–water partition coefficient (Wildman–Crippen LogP) is -0.636. The monoisotopic (exact) mass is 411 g/mol. The van der Waals surface area contributed by atoms with Crippen LogP contribution in [0, 0.1) is 0 Å². The fourth-order valence-electron chi connectivity index (χ4n) is 2.00. The van der Waals surface area contributed by atoms with Gasteiger partial charge in [0.2, 0.25) is 0 Å². The molecule has 1 atom stereocenters. The molecule has 0 saturated heterocycles. The van der Waals surface area contributed by atoms with Gasteiger partial charge in [-0.05, 0) is 18.6 Å². The molecule has 0 heterocycles. The van der Waals surface area contributed by atoms with Crippen LogP contribution in [0.4, 0.5) is 4.79 Å². The Bertz CT molecular complexity index is 750. The van der Waals surface area contributed by atoms with Crippen molar-refractivity contribution >= 4 is 23.9 Å². The third kappa shape index (κ3) is 8.69. The van der Waals surface area contributed by atoms with E-state index in [-0.39, 0.29) is 42.8 Å². The van der Waals surface area contributed by atoms with E-state index in [1.54, 1.807) is 6.92 Å². The number of aromatic hydroxyl groups is 1. The first-order chi connectivity index (χ1) is 13.7. The summed E-state index contributed by atoms with van der Waals surface area (Å²) in [7, 11) is 0. The van der Waals surface area contributed by atoms with E-state index < -0.39 is 30.6 Å². The van der Waals surface area contributed by atoms with Crippen LogP contribution in [0.2, 0.25) is 0 Å². The number of amides is 2. The summed E-state index contributed by atoms with van der Waals surface area (Å²) in [5.41, 5.74) is 10.3. The van der Waals surface area contributed by atoms with Crippen molar-refractivity contribution in [3.8, 4) is 11.5 Å². The van der Waals surface area contributed by atoms with Gasteiger partial charge in [0.1, 0.15) is 24.1 Å². The van der Waals surface area contributed by atoms with E-state index >= 15 is 0 Å². The zero-order valence-corrected chi connectivity index (χ0v) is 15.9. The van der Waals surface area contributed by atoms with Crippen molar-refractivity contribution in [2.24, 2.45) is 16.5 Å². The Morgan fingerprint density at radius 3 is 2.55 bits per heavy atom. The van der Waals surface area contributed by atoms with Gasteiger partial charge in [-0.25, -0.2) is 9.59 Å². The average Bonchev–Trinajstić information content (AvgIpc) is 2.66. The maximum atomic E-state index is 12.2. The molecule has 1 rings (SSSR count). The van der Waals surface area contributed by atoms with Crippen molar-refractivity contribution < 1.29 is 34.1 Å². The minimum atomic E-state index is -1.40. The van der Waals surface area contributed by atoms with E-state index in [0.29, 0.717) is 6.42 Å². The maximum absolute atomic E-state index is 12.2. The van der Waals surface area contributed by atoms with E-state index in [0.717, 1.165) is 0 Å². The standard InChI is InChI=1S/C17H25N5O7/c1-2-6-29-17(27)22-12(15(25)26)9-21-14(24)11-4-3-10(8-13(11)23)28-7-5-20-16(18)19/h3-4,8,12,23H,2,5-7,9H2,1H3,(H,21,24)(H,22,27)(H,25,26)(H4,18,19,20)/t12-/m0/s1. The fraction of sp³-hybridized carbons (Fsp3) is 0.412. The summed E-state index contributed by atoms with van der Waals surface area (Å²) in [5, 5.41) is 23.6. The van der Waals surface area contributed by atoms with Crippen LogP contribution in [0.15, 0.2) is 23.2 Å². The predicted molar refractivity (Wildman–Crippen MR) is 103 cm³/mol. The molecule has 0 aliphatic heterocycles. The van der Waals surface area contributed by atoms with Gasteiger partial charge in [0.05, 0.1) is 18.7 Å². The molecule has 1 aromatic carbocycles. The second-order valence-corrected chi connectivity index (χ2v) is 5.72. The largest absolute Gasteiger partial charge is 0.507 e. The van der Waals surface area contributed by atoms with E-state index in [1.807, 2.05) is 0 Å². The summed E-state index contributed by atoms with van der Waals surface area (Å²) in [6.45, 7) is 1.89. The van der Waals surface area contributed by atoms with Crippen molar-refractivity contribution in [2.45, 2.75) is 19.4 Å². The third-order valence-electron chi connectivity index (χ3n) is 3.36. The number of aliphatic carboxylic acids is 1. The number of nitrogens with two attached hydrogens (primary N) is 2. The lowest BCUT2D eigenvalue weighted by Gasteiger charge is -2.15. The zero-order valence-electron chi connectivity index (χ0n) is 15.9. The molecule has 0 radical (unpaired) electrons. The van der Waals surface area contributed by atoms with E-state index in [2.05, 4.69) is 15.6 Å². The number of alkyl carbamates (subject to hydrolysis) is 1. The number of carboxylic acid groups (broad SMARTS) is 1. The van der Waals surface area contributed by atoms with Gasteiger partial charge in [-0.3, -0.25) is 9.79 Å². The first-order valence-corrected chi connectivity index (χ1v) is 8.70. The number of benzene rings is 1. The molecule has 0 unspecified atom stereocenters. The molecule has 8 N–H and O–H groups in total. The molecule has 2 amide bonds. The minimum absolute atomic E-state index is 0.0729. The normalized spacial score (nSPS) is 11.1. The quantitative estimate of drug-likeness (QED) is 0.156. The first kappa shape index (κ1) is 23.3. The molecule has 0 aromatic heterocycles. The third-order valence-corrected chi connectivity index (χ3v) is 3.36. The number of nitrogens with one attached hydrogen (secondary N) is 2. The van der Waals surface area contributed by atoms with Crippen LogP contribution in [0.3, 0.4) is 0 Å². The number of nitrogens with zero attached hydrogens (tertiary/aromatic N) is 1. The van der Waals surface area contributed by atoms with Crippen LogP contribution in [-0.4, -0.2) is 66.5 Å². The number of carboxylic acids is 1. The number of carbonyl (C=O) groups excluding carboxylic acids is 2. The SMILES string of the molecule is CCCOC(=O)N[C@@H](CNC(=O)c1ccc(OCCN=C(N)N)cc1O)C(=O)O. The summed E-state index contributed by atoms with van der Waals surface area (Å²) in [6, 6.07) is 2.57. The van der Waals surface area contributed by atoms with Gasteiger partial charge < -0.3 is 41.8 Å². The van der Waals surface area contributed by atoms with Gasteiger partial charge in [-0.1, -0.05) is 6.92 Å². The number of ether oxygens (including phenoxy) is 2. The van der Waals surface area contributed by atoms with Gasteiger partial charge in [-0.15, -0.1) is 0 Å². The molecule has 0 spiro atoms. The summed E-state index contributed by atoms with van der Waals surface area (Å²) in [4.78, 5) is 38.6. The molecular weight excluding hydrogens is 386 g/mol. The molecular formula is C17H25N5O7. The van der Waals surface area contributed by atoms with Crippen LogP contribution >= 0.6 is 0 Å². The van der Waals surface area contributed by atoms with Crippen molar-refractivity contribution in [3.05, 3.63) is 23.8 Å². The molecule has 0 aliphatic rings. The summed E-state index contributed by atoms with van der Waals surface area (Å²) >= 11 is 0. The lowest BCUT2D eigenvalue weighted by atomic mass is 10.1. The van der Waals surface area contributed by atoms with Gasteiger partial charge in [-0.2, -0.15) is 0 Å². The van der Waals surface area contributed by atoms with Gasteiger partial charge in [0.15, 0.2) is 5.96 Å². The Hall–Kier alpha value is -3.70. The molecule has 160 valence electrons. The summed E-state index contributed by atoms with van der Waals surface area (Å²) in [6.07, 6.45) is -0.326. The van der Waals surface area contributed by atoms with E-state index in [4.69, 9.17) is 26.0 Å². The smallest absolute Gasteiger partial charge is 0.407 e. The number of hydrogen-bond donors (Lipinski definition) is 6. The lowest BCUT2D eigenvalue weighted by Crippen LogP contribution is -2.48. The number of hydrogen-bond acceptors (Lipinski definition) is 7. The Labute approximate surface area is 166 Å². The van der Waals surface area contributed by atoms with Gasteiger partial charge in [0, 0.05) is 12.6 Å². The van der Waals surface area contributed by atoms with E-state index in [9.17, 15) is 19.5 Å². The molecule has 12 heteroatoms. The number of aliphatic imine (C=N–C) groups is 1. The van der Waals surface area contributed by atoms with Crippen molar-refractivity contribution in [1.29, 1.82) is 0 Å². The van der Waals surface area contributed by atoms with E-state index in [1.165, 1.54) is 18.2 Å². The zero-order chi connectivity index (χ0) is 21.8. The van der Waals surface area contributed by atoms with Crippen LogP contribution < -0.4 is 26.8 Å². The number of guanidine groups is 1. The molecule has 1 aromatic rings. The highest BCUT2D eigenvalue weighted by Gasteiger charge is 2.22. The maximum Gasteiger partial charge on any atom is 0.407 e. The molecule has 29 heavy (non-hydrogen) atoms. The van der Waals surface area contributed by atoms with Crippen LogP contribution in [-0.2, 0) is 9.53 Å². The minimum Gasteiger partial charge on any atom is -0.507 e. The highest BCUT2D eigenvalue weighted by atomic mass is 16.5. The Kier molecular flexibility index (Phi) is 9.57. The Morgan fingerprint density at radius 2 is 1.97 bits per heavy atom. The van der Waals surface area contributed by atoms with Crippen LogP contribution in [0.25, 0.3) is 0 Å². The first-order valence-electron chi connectivity index (χ1n) is 8.70. The number of carbonyl (C=O) groups is 3. The molecule has 0 saturated carbocycles. The highest BCUT2D eigenvalue weighted by molar-refractivity contribution is 5.97. The summed E-state index contributed by atoms with van der Waals surface area (Å²) in [5.74, 6) is -2.24. The number of phenolic OH excluding ortho intramolecular Hbond substituents is 1. The molecule has 12 nitrogen and oxygen atoms in total. The lowest BCUT2D eigenvalue weighted by molar-refractivity contribution is -0.139. The second-order valence-electron chi connectivity index (χ2n) is 5.72. The average molecular weight is 411 g/mol. The van der Waals surface area contributed by atoms with Crippen molar-refractivity contribution in [1.82, 2.24) is 10.6 Å². The van der Waals surface area contributed by atoms with Crippen LogP contribution in [0.5, 0.6) is 11.5 Å². The van der Waals surface area contributed by atoms with Crippen LogP contribution in [0.1, 0.15) is 23.7 Å². The Balaban J connectivity index is 2.62. The van der Waals surface area contributed by atoms with Gasteiger partial charge in [0.25, 0.3) is 5.91 Å². The molecule has 0 bridgehead atoms. The number of rotatable bonds is 11. The van der Waals surface area contributed by atoms with Crippen molar-refractivity contribution in [3.63, 3.8) is 0 Å². The van der Waals surface area contributed by atoms with Crippen molar-refractivity contribution in [2.75, 3.05) is 26.3 Å². The van der Waals surface area contributed by atoms with Gasteiger partial charge >= 0.3 is 12.1 Å². The molecule has 0 fully saturated rings. The topological polar surface area (TPSA) is 199 Å². The Morgan fingerprint density at radius 1 is 1.24 bits per heavy atom. The fourth-order valence-corrected chi connectivity index (χ4v) is 2.00. The summed E-state index contributed by atoms with van der Waals surface area (Å²) < 4.78 is 10.1.